The number of benzene rings is 2. The standard InChI is InChI=1S/C23H26ClN7O2/c1-3-4-20(29-22(33)28-18-7-5-16(24)6-8-18)21(32)27-17-9-11-19(12-10-17)31-14-13-30(2)23(31)26-15-25/h5-12,20H,3-4,13-14H2,1-2H3,(H,27,32)(H2,28,29,33)/b26-23+/t20-/m1/s1. The fourth-order valence-electron chi connectivity index (χ4n) is 3.46. The number of amides is 3. The predicted octanol–water partition coefficient (Wildman–Crippen LogP) is 3.86. The van der Waals surface area contributed by atoms with Gasteiger partial charge in [-0.25, -0.2) is 4.79 Å². The van der Waals surface area contributed by atoms with E-state index in [1.54, 1.807) is 36.4 Å². The maximum atomic E-state index is 12.8. The number of hydrogen-bond acceptors (Lipinski definition) is 4. The van der Waals surface area contributed by atoms with E-state index in [-0.39, 0.29) is 5.91 Å². The number of aliphatic imine (C=N–C) groups is 1. The highest BCUT2D eigenvalue weighted by molar-refractivity contribution is 6.30. The van der Waals surface area contributed by atoms with Crippen LogP contribution in [0.2, 0.25) is 5.02 Å². The lowest BCUT2D eigenvalue weighted by Gasteiger charge is -2.20. The molecule has 0 saturated carbocycles. The third-order valence-corrected chi connectivity index (χ3v) is 5.39. The van der Waals surface area contributed by atoms with Gasteiger partial charge in [0.1, 0.15) is 6.04 Å². The average Bonchev–Trinajstić information content (AvgIpc) is 3.16. The minimum absolute atomic E-state index is 0.302. The van der Waals surface area contributed by atoms with Crippen molar-refractivity contribution in [3.8, 4) is 6.19 Å². The number of nitriles is 1. The summed E-state index contributed by atoms with van der Waals surface area (Å²) >= 11 is 5.86. The highest BCUT2D eigenvalue weighted by Crippen LogP contribution is 2.22. The third kappa shape index (κ3) is 6.37. The molecule has 1 heterocycles. The summed E-state index contributed by atoms with van der Waals surface area (Å²) in [6.07, 6.45) is 3.05. The van der Waals surface area contributed by atoms with Crippen LogP contribution in [0.5, 0.6) is 0 Å². The number of halogens is 1. The van der Waals surface area contributed by atoms with E-state index in [4.69, 9.17) is 16.9 Å². The molecule has 1 aliphatic rings. The van der Waals surface area contributed by atoms with Crippen LogP contribution in [-0.2, 0) is 4.79 Å². The number of nitrogens with zero attached hydrogens (tertiary/aromatic N) is 4. The SMILES string of the molecule is CCC[C@@H](NC(=O)Nc1ccc(Cl)cc1)C(=O)Nc1ccc(N2CCN(C)/C2=N\C#N)cc1. The van der Waals surface area contributed by atoms with Gasteiger partial charge in [-0.05, 0) is 55.0 Å². The number of guanidine groups is 1. The van der Waals surface area contributed by atoms with Crippen molar-refractivity contribution in [3.63, 3.8) is 0 Å². The van der Waals surface area contributed by atoms with Crippen LogP contribution in [-0.4, -0.2) is 49.0 Å². The molecule has 3 N–H and O–H groups in total. The first-order valence-corrected chi connectivity index (χ1v) is 11.0. The van der Waals surface area contributed by atoms with Crippen molar-refractivity contribution >= 4 is 46.6 Å². The lowest BCUT2D eigenvalue weighted by molar-refractivity contribution is -0.118. The number of likely N-dealkylation sites (N-methyl/N-ethyl adjacent to an activating group) is 1. The van der Waals surface area contributed by atoms with Crippen LogP contribution < -0.4 is 20.9 Å². The molecule has 0 radical (unpaired) electrons. The van der Waals surface area contributed by atoms with Crippen LogP contribution in [0.1, 0.15) is 19.8 Å². The third-order valence-electron chi connectivity index (χ3n) is 5.14. The summed E-state index contributed by atoms with van der Waals surface area (Å²) in [5, 5.41) is 17.8. The van der Waals surface area contributed by atoms with Crippen molar-refractivity contribution in [1.82, 2.24) is 10.2 Å². The molecule has 1 fully saturated rings. The number of carbonyl (C=O) groups is 2. The molecular formula is C23H26ClN7O2. The van der Waals surface area contributed by atoms with E-state index < -0.39 is 12.1 Å². The van der Waals surface area contributed by atoms with E-state index >= 15 is 0 Å². The molecule has 1 aliphatic heterocycles. The van der Waals surface area contributed by atoms with Crippen LogP contribution in [0.4, 0.5) is 21.9 Å². The van der Waals surface area contributed by atoms with E-state index in [0.29, 0.717) is 35.3 Å². The normalized spacial score (nSPS) is 15.2. The maximum absolute atomic E-state index is 12.8. The Balaban J connectivity index is 1.61. The van der Waals surface area contributed by atoms with Gasteiger partial charge in [0.05, 0.1) is 0 Å². The Labute approximate surface area is 198 Å². The number of hydrogen-bond donors (Lipinski definition) is 3. The summed E-state index contributed by atoms with van der Waals surface area (Å²) in [5.41, 5.74) is 2.06. The Morgan fingerprint density at radius 2 is 1.73 bits per heavy atom. The molecule has 1 saturated heterocycles. The minimum Gasteiger partial charge on any atom is -0.343 e. The van der Waals surface area contributed by atoms with Gasteiger partial charge < -0.3 is 25.8 Å². The minimum atomic E-state index is -0.691. The molecule has 2 aromatic carbocycles. The molecule has 2 aromatic rings. The predicted molar refractivity (Wildman–Crippen MR) is 130 cm³/mol. The van der Waals surface area contributed by atoms with Gasteiger partial charge in [0.25, 0.3) is 0 Å². The van der Waals surface area contributed by atoms with Crippen LogP contribution in [0.15, 0.2) is 53.5 Å². The summed E-state index contributed by atoms with van der Waals surface area (Å²) < 4.78 is 0. The fraction of sp³-hybridized carbons (Fsp3) is 0.304. The number of urea groups is 1. The van der Waals surface area contributed by atoms with Crippen LogP contribution in [0.25, 0.3) is 0 Å². The summed E-state index contributed by atoms with van der Waals surface area (Å²) in [5.74, 6) is 0.289. The molecule has 9 nitrogen and oxygen atoms in total. The lowest BCUT2D eigenvalue weighted by atomic mass is 10.1. The van der Waals surface area contributed by atoms with Crippen LogP contribution in [0.3, 0.4) is 0 Å². The summed E-state index contributed by atoms with van der Waals surface area (Å²) in [7, 11) is 1.88. The topological polar surface area (TPSA) is 113 Å². The Bertz CT molecular complexity index is 1050. The van der Waals surface area contributed by atoms with Gasteiger partial charge >= 0.3 is 6.03 Å². The number of carbonyl (C=O) groups excluding carboxylic acids is 2. The lowest BCUT2D eigenvalue weighted by Crippen LogP contribution is -2.45. The number of rotatable bonds is 7. The second kappa shape index (κ2) is 11.2. The van der Waals surface area contributed by atoms with Crippen molar-refractivity contribution < 1.29 is 9.59 Å². The molecular weight excluding hydrogens is 442 g/mol. The molecule has 0 unspecified atom stereocenters. The second-order valence-electron chi connectivity index (χ2n) is 7.57. The largest absolute Gasteiger partial charge is 0.343 e. The molecule has 1 atom stereocenters. The fourth-order valence-corrected chi connectivity index (χ4v) is 3.59. The van der Waals surface area contributed by atoms with Crippen LogP contribution in [0, 0.1) is 11.5 Å². The van der Waals surface area contributed by atoms with E-state index in [1.165, 1.54) is 0 Å². The summed E-state index contributed by atoms with van der Waals surface area (Å²) in [4.78, 5) is 32.9. The molecule has 0 spiro atoms. The first kappa shape index (κ1) is 23.9. The van der Waals surface area contributed by atoms with Crippen molar-refractivity contribution in [2.45, 2.75) is 25.8 Å². The van der Waals surface area contributed by atoms with Crippen molar-refractivity contribution in [3.05, 3.63) is 53.6 Å². The Morgan fingerprint density at radius 3 is 2.36 bits per heavy atom. The van der Waals surface area contributed by atoms with Gasteiger partial charge in [0, 0.05) is 42.2 Å². The summed E-state index contributed by atoms with van der Waals surface area (Å²) in [6, 6.07) is 12.8. The zero-order valence-electron chi connectivity index (χ0n) is 18.5. The van der Waals surface area contributed by atoms with Crippen LogP contribution >= 0.6 is 11.6 Å². The molecule has 0 bridgehead atoms. The molecule has 10 heteroatoms. The van der Waals surface area contributed by atoms with Gasteiger partial charge in [-0.2, -0.15) is 5.26 Å². The molecule has 172 valence electrons. The Hall–Kier alpha value is -3.77. The van der Waals surface area contributed by atoms with Gasteiger partial charge in [0.15, 0.2) is 0 Å². The van der Waals surface area contributed by atoms with Crippen molar-refractivity contribution in [1.29, 1.82) is 5.26 Å². The van der Waals surface area contributed by atoms with Crippen molar-refractivity contribution in [2.24, 2.45) is 4.99 Å². The van der Waals surface area contributed by atoms with E-state index in [0.717, 1.165) is 18.7 Å². The first-order valence-electron chi connectivity index (χ1n) is 10.6. The molecule has 3 rings (SSSR count). The van der Waals surface area contributed by atoms with Gasteiger partial charge in [-0.3, -0.25) is 4.79 Å². The monoisotopic (exact) mass is 467 g/mol. The van der Waals surface area contributed by atoms with E-state index in [2.05, 4.69) is 20.9 Å². The Morgan fingerprint density at radius 1 is 1.09 bits per heavy atom. The van der Waals surface area contributed by atoms with Gasteiger partial charge in [-0.1, -0.05) is 24.9 Å². The first-order chi connectivity index (χ1) is 15.9. The number of nitrogens with one attached hydrogen (secondary N) is 3. The second-order valence-corrected chi connectivity index (χ2v) is 8.00. The Kier molecular flexibility index (Phi) is 8.11. The maximum Gasteiger partial charge on any atom is 0.319 e. The van der Waals surface area contributed by atoms with Gasteiger partial charge in [0.2, 0.25) is 18.1 Å². The zero-order valence-corrected chi connectivity index (χ0v) is 19.3. The molecule has 0 aromatic heterocycles. The average molecular weight is 468 g/mol. The quantitative estimate of drug-likeness (QED) is 0.535. The van der Waals surface area contributed by atoms with Gasteiger partial charge in [-0.15, -0.1) is 4.99 Å². The molecule has 3 amide bonds. The highest BCUT2D eigenvalue weighted by atomic mass is 35.5. The molecule has 0 aliphatic carbocycles. The molecule has 33 heavy (non-hydrogen) atoms. The summed E-state index contributed by atoms with van der Waals surface area (Å²) in [6.45, 7) is 3.43. The highest BCUT2D eigenvalue weighted by Gasteiger charge is 2.25. The van der Waals surface area contributed by atoms with E-state index in [9.17, 15) is 9.59 Å². The zero-order chi connectivity index (χ0) is 23.8. The smallest absolute Gasteiger partial charge is 0.319 e. The number of anilines is 3. The van der Waals surface area contributed by atoms with E-state index in [1.807, 2.05) is 42.1 Å². The van der Waals surface area contributed by atoms with Crippen molar-refractivity contribution in [2.75, 3.05) is 35.7 Å².